The molecular weight excluding hydrogens is 1100 g/mol. The molecule has 0 saturated heterocycles. The summed E-state index contributed by atoms with van der Waals surface area (Å²) in [5.41, 5.74) is 34.7. The summed E-state index contributed by atoms with van der Waals surface area (Å²) < 4.78 is 0. The molecule has 24 N–H and O–H groups in total. The van der Waals surface area contributed by atoms with Crippen LogP contribution in [0.15, 0.2) is 35.5 Å². The van der Waals surface area contributed by atoms with Gasteiger partial charge in [-0.3, -0.25) is 52.9 Å². The monoisotopic (exact) mass is 1180 g/mol. The lowest BCUT2D eigenvalue weighted by atomic mass is 10.0. The zero-order valence-electron chi connectivity index (χ0n) is 45.0. The number of aliphatic imine (C=N–C) groups is 1. The number of carbonyl (C=O) groups is 11. The average Bonchev–Trinajstić information content (AvgIpc) is 3.91. The van der Waals surface area contributed by atoms with Crippen molar-refractivity contribution in [1.29, 1.82) is 0 Å². The Bertz CT molecular complexity index is 2480. The topological polar surface area (TPSA) is 529 Å². The van der Waals surface area contributed by atoms with Crippen LogP contribution in [0.5, 0.6) is 0 Å². The molecule has 0 aliphatic carbocycles. The molecule has 0 radical (unpaired) electrons. The third-order valence-electron chi connectivity index (χ3n) is 12.5. The molecule has 0 aliphatic heterocycles. The fourth-order valence-electron chi connectivity index (χ4n) is 7.93. The molecule has 1 heterocycles. The van der Waals surface area contributed by atoms with Gasteiger partial charge in [-0.2, -0.15) is 25.3 Å². The number of carboxylic acid groups (broad SMARTS) is 2. The van der Waals surface area contributed by atoms with Crippen molar-refractivity contribution < 1.29 is 68.1 Å². The first-order valence-corrected chi connectivity index (χ1v) is 27.5. The molecule has 2 aromatic rings. The maximum atomic E-state index is 14.1. The summed E-state index contributed by atoms with van der Waals surface area (Å²) in [7, 11) is 0. The maximum absolute atomic E-state index is 14.1. The molecule has 81 heavy (non-hydrogen) atoms. The number of carboxylic acids is 2. The summed E-state index contributed by atoms with van der Waals surface area (Å²) in [6, 6.07) is -6.27. The van der Waals surface area contributed by atoms with Crippen LogP contribution in [-0.4, -0.2) is 183 Å². The van der Waals surface area contributed by atoms with Crippen LogP contribution in [-0.2, 0) is 59.2 Å². The van der Waals surface area contributed by atoms with E-state index in [0.717, 1.165) is 17.8 Å². The Morgan fingerprint density at radius 2 is 1.02 bits per heavy atom. The van der Waals surface area contributed by atoms with Crippen LogP contribution in [0.3, 0.4) is 0 Å². The van der Waals surface area contributed by atoms with Gasteiger partial charge in [0.15, 0.2) is 5.96 Å². The number of nitrogens with zero attached hydrogens (tertiary/aromatic N) is 1. The molecule has 32 heteroatoms. The van der Waals surface area contributed by atoms with Crippen LogP contribution in [0.4, 0.5) is 0 Å². The van der Waals surface area contributed by atoms with Gasteiger partial charge in [0.1, 0.15) is 48.3 Å². The number of nitrogens with one attached hydrogen (secondary N) is 9. The van der Waals surface area contributed by atoms with E-state index in [-0.39, 0.29) is 64.0 Å². The van der Waals surface area contributed by atoms with E-state index in [9.17, 15) is 68.1 Å². The van der Waals surface area contributed by atoms with E-state index in [1.807, 2.05) is 0 Å². The van der Waals surface area contributed by atoms with Crippen molar-refractivity contribution in [3.63, 3.8) is 0 Å². The van der Waals surface area contributed by atoms with Gasteiger partial charge >= 0.3 is 11.9 Å². The molecule has 0 saturated carbocycles. The molecule has 452 valence electrons. The second-order valence-electron chi connectivity index (χ2n) is 19.0. The van der Waals surface area contributed by atoms with Crippen LogP contribution in [0.25, 0.3) is 10.9 Å². The normalized spacial score (nSPS) is 14.8. The molecule has 0 unspecified atom stereocenters. The highest BCUT2D eigenvalue weighted by Gasteiger charge is 2.36. The molecule has 0 bridgehead atoms. The number of hydrogen-bond acceptors (Lipinski definition) is 18. The number of amides is 9. The first kappa shape index (κ1) is 69.8. The molecular formula is C49H80N16O14S2. The predicted octanol–water partition coefficient (Wildman–Crippen LogP) is -5.32. The number of aromatic amines is 1. The van der Waals surface area contributed by atoms with E-state index >= 15 is 0 Å². The number of fused-ring (bicyclic) bond motifs is 1. The SMILES string of the molecule is C[C@@H](O)[C@H](NC(=O)[C@H](CCC(=O)O)NC(=O)[C@H](Cc1c[nH]c2ccccc12)NC(=O)[C@@H](N)CCCCN)C(=O)N[C@@H](CS)C(=O)N[C@@H](CS)C(=O)N[C@@H](CCCN=C(N)N)C(=O)N[C@@H](CCCCN)C(=O)N[C@@H](CCC(N)=O)C(=O)O. The molecule has 1 aromatic heterocycles. The number of primary amides is 1. The number of rotatable bonds is 40. The second-order valence-corrected chi connectivity index (χ2v) is 19.7. The molecule has 9 amide bonds. The molecule has 0 fully saturated rings. The highest BCUT2D eigenvalue weighted by molar-refractivity contribution is 7.80. The summed E-state index contributed by atoms with van der Waals surface area (Å²) in [4.78, 5) is 152. The lowest BCUT2D eigenvalue weighted by Gasteiger charge is -2.28. The fraction of sp³-hybridized carbons (Fsp3) is 0.592. The van der Waals surface area contributed by atoms with Gasteiger partial charge in [0.25, 0.3) is 0 Å². The number of thiol groups is 2. The number of H-pyrrole nitrogens is 1. The first-order valence-electron chi connectivity index (χ1n) is 26.2. The number of nitrogens with two attached hydrogens (primary N) is 6. The number of guanidine groups is 1. The van der Waals surface area contributed by atoms with E-state index in [4.69, 9.17) is 34.4 Å². The number of para-hydroxylation sites is 1. The van der Waals surface area contributed by atoms with Crippen molar-refractivity contribution in [2.45, 2.75) is 151 Å². The van der Waals surface area contributed by atoms with Crippen LogP contribution in [0.1, 0.15) is 89.5 Å². The van der Waals surface area contributed by atoms with Crippen LogP contribution >= 0.6 is 25.3 Å². The van der Waals surface area contributed by atoms with Gasteiger partial charge < -0.3 is 97.2 Å². The largest absolute Gasteiger partial charge is 0.481 e. The van der Waals surface area contributed by atoms with Crippen LogP contribution in [0, 0.1) is 0 Å². The summed E-state index contributed by atoms with van der Waals surface area (Å²) >= 11 is 8.38. The smallest absolute Gasteiger partial charge is 0.326 e. The van der Waals surface area contributed by atoms with E-state index in [2.05, 4.69) is 77.8 Å². The zero-order valence-corrected chi connectivity index (χ0v) is 46.8. The zero-order chi connectivity index (χ0) is 60.8. The Hall–Kier alpha value is -7.26. The molecule has 0 aliphatic rings. The number of aliphatic hydroxyl groups excluding tert-OH is 1. The van der Waals surface area contributed by atoms with Gasteiger partial charge in [0.05, 0.1) is 12.1 Å². The number of benzene rings is 1. The third-order valence-corrected chi connectivity index (χ3v) is 13.2. The van der Waals surface area contributed by atoms with Gasteiger partial charge in [0.2, 0.25) is 53.2 Å². The number of unbranched alkanes of at least 4 members (excludes halogenated alkanes) is 2. The summed E-state index contributed by atoms with van der Waals surface area (Å²) in [5.74, 6) is -12.5. The molecule has 1 aromatic carbocycles. The Kier molecular flexibility index (Phi) is 31.8. The Morgan fingerprint density at radius 1 is 0.568 bits per heavy atom. The Balaban J connectivity index is 2.34. The highest BCUT2D eigenvalue weighted by Crippen LogP contribution is 2.20. The van der Waals surface area contributed by atoms with E-state index in [1.165, 1.54) is 0 Å². The summed E-state index contributed by atoms with van der Waals surface area (Å²) in [6.45, 7) is 1.70. The predicted molar refractivity (Wildman–Crippen MR) is 303 cm³/mol. The van der Waals surface area contributed by atoms with Crippen molar-refractivity contribution >= 4 is 107 Å². The standard InChI is InChI=1S/C49H80N16O14S2/c1-25(66)39(65-43(73)32(15-17-38(68)69)60-44(74)34(62-40(70)28(52)10-4-6-18-50)21-26-22-57-29-11-3-2-9-27(26)29)47(77)64-36(24-81)46(76)63-35(23-80)45(75)59-31(13-8-20-56-49(54)55)41(71)58-30(12-5-7-19-51)42(72)61-33(48(78)79)14-16-37(53)67/h2-3,9,11,22,25,28,30-36,39,57,66,80-81H,4-8,10,12-21,23-24,50-52H2,1H3,(H2,53,67)(H,58,71)(H,59,75)(H,60,74)(H,61,72)(H,62,70)(H,63,76)(H,64,77)(H,65,73)(H,68,69)(H,78,79)(H4,54,55,56)/t25-,28+,30+,31+,32+,33+,34+,35+,36+,39+/m1/s1. The van der Waals surface area contributed by atoms with Crippen molar-refractivity contribution in [2.75, 3.05) is 31.1 Å². The van der Waals surface area contributed by atoms with Gasteiger partial charge in [0, 0.05) is 54.4 Å². The molecule has 0 spiro atoms. The fourth-order valence-corrected chi connectivity index (χ4v) is 8.45. The number of hydrogen-bond donors (Lipinski definition) is 20. The van der Waals surface area contributed by atoms with Crippen molar-refractivity contribution in [1.82, 2.24) is 47.5 Å². The van der Waals surface area contributed by atoms with E-state index in [1.54, 1.807) is 30.5 Å². The average molecular weight is 1180 g/mol. The number of aromatic nitrogens is 1. The minimum Gasteiger partial charge on any atom is -0.481 e. The van der Waals surface area contributed by atoms with Crippen molar-refractivity contribution in [3.05, 3.63) is 36.0 Å². The number of aliphatic carboxylic acids is 2. The first-order chi connectivity index (χ1) is 38.4. The molecule has 30 nitrogen and oxygen atoms in total. The van der Waals surface area contributed by atoms with E-state index < -0.39 is 150 Å². The van der Waals surface area contributed by atoms with Gasteiger partial charge in [-0.15, -0.1) is 0 Å². The maximum Gasteiger partial charge on any atom is 0.326 e. The van der Waals surface area contributed by atoms with Crippen LogP contribution in [0.2, 0.25) is 0 Å². The van der Waals surface area contributed by atoms with E-state index in [0.29, 0.717) is 37.8 Å². The number of carbonyl (C=O) groups excluding carboxylic acids is 9. The van der Waals surface area contributed by atoms with Gasteiger partial charge in [-0.05, 0) is 89.4 Å². The van der Waals surface area contributed by atoms with Gasteiger partial charge in [-0.1, -0.05) is 24.6 Å². The minimum absolute atomic E-state index is 0.0110. The molecule has 2 rings (SSSR count). The summed E-state index contributed by atoms with van der Waals surface area (Å²) in [6.07, 6.45) is -0.103. The third kappa shape index (κ3) is 25.4. The molecule has 10 atom stereocenters. The van der Waals surface area contributed by atoms with Gasteiger partial charge in [-0.25, -0.2) is 4.79 Å². The lowest BCUT2D eigenvalue weighted by Crippen LogP contribution is -2.62. The van der Waals surface area contributed by atoms with Crippen molar-refractivity contribution in [3.8, 4) is 0 Å². The minimum atomic E-state index is -1.86. The Labute approximate surface area is 478 Å². The van der Waals surface area contributed by atoms with Crippen LogP contribution < -0.4 is 76.9 Å². The highest BCUT2D eigenvalue weighted by atomic mass is 32.1. The van der Waals surface area contributed by atoms with Crippen molar-refractivity contribution in [2.24, 2.45) is 39.4 Å². The quantitative estimate of drug-likeness (QED) is 0.0128. The summed E-state index contributed by atoms with van der Waals surface area (Å²) in [5, 5.41) is 50.2. The second kappa shape index (κ2) is 36.9. The Morgan fingerprint density at radius 3 is 1.54 bits per heavy atom. The number of aliphatic hydroxyl groups is 1. The lowest BCUT2D eigenvalue weighted by molar-refractivity contribution is -0.142.